The Morgan fingerprint density at radius 1 is 1.35 bits per heavy atom. The van der Waals surface area contributed by atoms with Crippen molar-refractivity contribution in [1.82, 2.24) is 4.72 Å². The molecule has 0 aliphatic rings. The highest BCUT2D eigenvalue weighted by Crippen LogP contribution is 2.17. The van der Waals surface area contributed by atoms with Gasteiger partial charge in [-0.1, -0.05) is 32.3 Å². The molecule has 0 fully saturated rings. The van der Waals surface area contributed by atoms with Crippen molar-refractivity contribution < 1.29 is 12.8 Å². The third-order valence-electron chi connectivity index (χ3n) is 3.12. The predicted octanol–water partition coefficient (Wildman–Crippen LogP) is 2.53. The molecule has 1 atom stereocenters. The summed E-state index contributed by atoms with van der Waals surface area (Å²) in [4.78, 5) is -0.322. The first-order chi connectivity index (χ1) is 9.40. The monoisotopic (exact) mass is 302 g/mol. The Morgan fingerprint density at radius 3 is 2.60 bits per heavy atom. The molecule has 3 N–H and O–H groups in total. The van der Waals surface area contributed by atoms with Gasteiger partial charge in [-0.3, -0.25) is 0 Å². The molecular weight excluding hydrogens is 279 g/mol. The molecule has 20 heavy (non-hydrogen) atoms. The molecule has 6 heteroatoms. The molecule has 4 nitrogen and oxygen atoms in total. The minimum absolute atomic E-state index is 0.179. The standard InChI is InChI=1S/C14H23FN2O2S/c1-3-4-5-6-11(2)17-20(18,19)14-8-7-12(10-16)9-13(14)15/h7-9,11,17H,3-6,10,16H2,1-2H3. The molecule has 0 aliphatic heterocycles. The van der Waals surface area contributed by atoms with Gasteiger partial charge in [-0.15, -0.1) is 0 Å². The number of unbranched alkanes of at least 4 members (excludes halogenated alkanes) is 2. The zero-order chi connectivity index (χ0) is 15.2. The van der Waals surface area contributed by atoms with Gasteiger partial charge in [0.25, 0.3) is 0 Å². The molecule has 1 unspecified atom stereocenters. The maximum atomic E-state index is 13.8. The number of nitrogens with one attached hydrogen (secondary N) is 1. The summed E-state index contributed by atoms with van der Waals surface area (Å²) >= 11 is 0. The summed E-state index contributed by atoms with van der Waals surface area (Å²) in [6.07, 6.45) is 3.84. The van der Waals surface area contributed by atoms with Crippen molar-refractivity contribution in [2.75, 3.05) is 0 Å². The quantitative estimate of drug-likeness (QED) is 0.725. The van der Waals surface area contributed by atoms with E-state index in [0.717, 1.165) is 31.7 Å². The van der Waals surface area contributed by atoms with E-state index in [2.05, 4.69) is 11.6 Å². The molecule has 0 spiro atoms. The Morgan fingerprint density at radius 2 is 2.05 bits per heavy atom. The van der Waals surface area contributed by atoms with Gasteiger partial charge in [0.2, 0.25) is 10.0 Å². The van der Waals surface area contributed by atoms with Crippen molar-refractivity contribution in [3.05, 3.63) is 29.6 Å². The Hall–Kier alpha value is -0.980. The lowest BCUT2D eigenvalue weighted by atomic mass is 10.1. The minimum atomic E-state index is -3.82. The first-order valence-electron chi connectivity index (χ1n) is 6.91. The summed E-state index contributed by atoms with van der Waals surface area (Å²) in [6.45, 7) is 4.06. The predicted molar refractivity (Wildman–Crippen MR) is 78.2 cm³/mol. The number of rotatable bonds is 8. The molecule has 0 aliphatic carbocycles. The smallest absolute Gasteiger partial charge is 0.243 e. The van der Waals surface area contributed by atoms with Crippen molar-refractivity contribution >= 4 is 10.0 Å². The van der Waals surface area contributed by atoms with Crippen LogP contribution in [-0.4, -0.2) is 14.5 Å². The largest absolute Gasteiger partial charge is 0.326 e. The summed E-state index contributed by atoms with van der Waals surface area (Å²) in [6, 6.07) is 3.74. The maximum Gasteiger partial charge on any atom is 0.243 e. The van der Waals surface area contributed by atoms with Crippen LogP contribution in [0.5, 0.6) is 0 Å². The number of sulfonamides is 1. The van der Waals surface area contributed by atoms with Gasteiger partial charge in [-0.05, 0) is 31.0 Å². The summed E-state index contributed by atoms with van der Waals surface area (Å²) < 4.78 is 40.6. The molecule has 0 aromatic heterocycles. The van der Waals surface area contributed by atoms with Crippen molar-refractivity contribution in [1.29, 1.82) is 0 Å². The summed E-state index contributed by atoms with van der Waals surface area (Å²) in [5.74, 6) is -0.763. The van der Waals surface area contributed by atoms with Gasteiger partial charge in [0.15, 0.2) is 0 Å². The van der Waals surface area contributed by atoms with Crippen LogP contribution < -0.4 is 10.5 Å². The Balaban J connectivity index is 2.78. The molecule has 0 amide bonds. The van der Waals surface area contributed by atoms with E-state index in [1.807, 2.05) is 0 Å². The lowest BCUT2D eigenvalue weighted by molar-refractivity contribution is 0.518. The van der Waals surface area contributed by atoms with Crippen molar-refractivity contribution in [2.24, 2.45) is 5.73 Å². The third kappa shape index (κ3) is 4.85. The van der Waals surface area contributed by atoms with Gasteiger partial charge in [0.1, 0.15) is 10.7 Å². The maximum absolute atomic E-state index is 13.8. The van der Waals surface area contributed by atoms with E-state index in [4.69, 9.17) is 5.73 Å². The molecule has 0 heterocycles. The third-order valence-corrected chi connectivity index (χ3v) is 4.74. The average molecular weight is 302 g/mol. The number of hydrogen-bond donors (Lipinski definition) is 2. The van der Waals surface area contributed by atoms with Crippen LogP contribution in [0.4, 0.5) is 4.39 Å². The zero-order valence-corrected chi connectivity index (χ0v) is 12.8. The Bertz CT molecular complexity index is 532. The number of hydrogen-bond acceptors (Lipinski definition) is 3. The van der Waals surface area contributed by atoms with E-state index < -0.39 is 15.8 Å². The van der Waals surface area contributed by atoms with Crippen LogP contribution in [0.25, 0.3) is 0 Å². The van der Waals surface area contributed by atoms with E-state index in [0.29, 0.717) is 5.56 Å². The fourth-order valence-electron chi connectivity index (χ4n) is 1.98. The minimum Gasteiger partial charge on any atom is -0.326 e. The van der Waals surface area contributed by atoms with Crippen molar-refractivity contribution in [3.8, 4) is 0 Å². The molecule has 0 saturated carbocycles. The molecule has 1 aromatic rings. The highest BCUT2D eigenvalue weighted by atomic mass is 32.2. The van der Waals surface area contributed by atoms with Gasteiger partial charge in [0, 0.05) is 12.6 Å². The van der Waals surface area contributed by atoms with Gasteiger partial charge < -0.3 is 5.73 Å². The number of nitrogens with two attached hydrogens (primary N) is 1. The second-order valence-electron chi connectivity index (χ2n) is 4.99. The molecule has 0 saturated heterocycles. The highest BCUT2D eigenvalue weighted by molar-refractivity contribution is 7.89. The highest BCUT2D eigenvalue weighted by Gasteiger charge is 2.21. The normalized spacial score (nSPS) is 13.4. The van der Waals surface area contributed by atoms with Gasteiger partial charge >= 0.3 is 0 Å². The first-order valence-corrected chi connectivity index (χ1v) is 8.39. The fraction of sp³-hybridized carbons (Fsp3) is 0.571. The van der Waals surface area contributed by atoms with Crippen LogP contribution in [0.2, 0.25) is 0 Å². The molecule has 0 radical (unpaired) electrons. The SMILES string of the molecule is CCCCCC(C)NS(=O)(=O)c1ccc(CN)cc1F. The summed E-state index contributed by atoms with van der Waals surface area (Å²) in [5.41, 5.74) is 5.96. The topological polar surface area (TPSA) is 72.2 Å². The second-order valence-corrected chi connectivity index (χ2v) is 6.67. The van der Waals surface area contributed by atoms with Crippen LogP contribution in [0, 0.1) is 5.82 Å². The van der Waals surface area contributed by atoms with E-state index in [-0.39, 0.29) is 17.5 Å². The molecule has 114 valence electrons. The molecule has 1 aromatic carbocycles. The Kier molecular flexibility index (Phi) is 6.58. The van der Waals surface area contributed by atoms with E-state index in [9.17, 15) is 12.8 Å². The van der Waals surface area contributed by atoms with E-state index in [1.54, 1.807) is 6.92 Å². The van der Waals surface area contributed by atoms with Crippen LogP contribution in [-0.2, 0) is 16.6 Å². The van der Waals surface area contributed by atoms with Crippen molar-refractivity contribution in [3.63, 3.8) is 0 Å². The lowest BCUT2D eigenvalue weighted by Gasteiger charge is -2.14. The molecule has 1 rings (SSSR count). The lowest BCUT2D eigenvalue weighted by Crippen LogP contribution is -2.33. The van der Waals surface area contributed by atoms with Crippen LogP contribution in [0.1, 0.15) is 45.1 Å². The summed E-state index contributed by atoms with van der Waals surface area (Å²) in [7, 11) is -3.82. The molecule has 0 bridgehead atoms. The average Bonchev–Trinajstić information content (AvgIpc) is 2.37. The van der Waals surface area contributed by atoms with Crippen molar-refractivity contribution in [2.45, 2.75) is 57.0 Å². The van der Waals surface area contributed by atoms with Gasteiger partial charge in [0.05, 0.1) is 0 Å². The van der Waals surface area contributed by atoms with Crippen LogP contribution in [0.15, 0.2) is 23.1 Å². The van der Waals surface area contributed by atoms with E-state index in [1.165, 1.54) is 12.1 Å². The van der Waals surface area contributed by atoms with E-state index >= 15 is 0 Å². The van der Waals surface area contributed by atoms with Gasteiger partial charge in [-0.25, -0.2) is 17.5 Å². The van der Waals surface area contributed by atoms with Crippen LogP contribution >= 0.6 is 0 Å². The zero-order valence-electron chi connectivity index (χ0n) is 12.0. The number of halogens is 1. The van der Waals surface area contributed by atoms with Crippen LogP contribution in [0.3, 0.4) is 0 Å². The Labute approximate surface area is 120 Å². The van der Waals surface area contributed by atoms with Gasteiger partial charge in [-0.2, -0.15) is 0 Å². The fourth-order valence-corrected chi connectivity index (χ4v) is 3.31. The summed E-state index contributed by atoms with van der Waals surface area (Å²) in [5, 5.41) is 0. The number of benzene rings is 1. The molecular formula is C14H23FN2O2S. The second kappa shape index (κ2) is 7.71. The first kappa shape index (κ1) is 17.1.